The summed E-state index contributed by atoms with van der Waals surface area (Å²) in [5.74, 6) is 0. The predicted molar refractivity (Wildman–Crippen MR) is 42.0 cm³/mol. The van der Waals surface area contributed by atoms with Gasteiger partial charge in [0, 0.05) is 12.7 Å². The molecule has 0 aromatic heterocycles. The van der Waals surface area contributed by atoms with Crippen LogP contribution in [-0.2, 0) is 0 Å². The van der Waals surface area contributed by atoms with Gasteiger partial charge in [0.15, 0.2) is 0 Å². The topological polar surface area (TPSA) is 3.24 Å². The zero-order valence-electron chi connectivity index (χ0n) is 6.68. The van der Waals surface area contributed by atoms with Crippen molar-refractivity contribution in [3.05, 3.63) is 24.0 Å². The van der Waals surface area contributed by atoms with Crippen molar-refractivity contribution >= 4 is 0 Å². The molecule has 0 unspecified atom stereocenters. The Bertz CT molecular complexity index is 123. The molecule has 0 aromatic carbocycles. The molecule has 0 spiro atoms. The Kier molecular flexibility index (Phi) is 3.85. The average Bonchev–Trinajstić information content (AvgIpc) is 1.87. The van der Waals surface area contributed by atoms with Crippen molar-refractivity contribution in [3.8, 4) is 0 Å². The van der Waals surface area contributed by atoms with E-state index in [1.807, 2.05) is 33.2 Å². The zero-order valence-corrected chi connectivity index (χ0v) is 6.68. The van der Waals surface area contributed by atoms with Crippen LogP contribution in [0.5, 0.6) is 0 Å². The van der Waals surface area contributed by atoms with Gasteiger partial charge in [-0.2, -0.15) is 0 Å². The highest BCUT2D eigenvalue weighted by atomic mass is 15.1. The Hall–Kier alpha value is -0.720. The lowest BCUT2D eigenvalue weighted by molar-refractivity contribution is 0.568. The number of rotatable bonds is 2. The summed E-state index contributed by atoms with van der Waals surface area (Å²) in [7, 11) is 2.04. The third-order valence-electron chi connectivity index (χ3n) is 1.35. The lowest BCUT2D eigenvalue weighted by Gasteiger charge is -2.12. The molecular weight excluding hydrogens is 110 g/mol. The lowest BCUT2D eigenvalue weighted by atomic mass is 10.4. The molecule has 0 aliphatic rings. The third kappa shape index (κ3) is 2.96. The van der Waals surface area contributed by atoms with E-state index in [0.29, 0.717) is 0 Å². The summed E-state index contributed by atoms with van der Waals surface area (Å²) in [5.41, 5.74) is 1.27. The highest BCUT2D eigenvalue weighted by Gasteiger charge is 1.87. The second-order valence-corrected chi connectivity index (χ2v) is 2.02. The molecule has 0 heterocycles. The van der Waals surface area contributed by atoms with Crippen LogP contribution in [0, 0.1) is 0 Å². The number of allylic oxidation sites excluding steroid dienone is 3. The van der Waals surface area contributed by atoms with Crippen LogP contribution in [0.4, 0.5) is 0 Å². The summed E-state index contributed by atoms with van der Waals surface area (Å²) in [6, 6.07) is 0. The van der Waals surface area contributed by atoms with Crippen LogP contribution in [0.25, 0.3) is 0 Å². The first kappa shape index (κ1) is 8.28. The second kappa shape index (κ2) is 4.19. The standard InChI is InChI=1S/C8H15N/c1-5-7-9(4)8(3)6-2/h5-7H,1-4H3. The molecule has 0 atom stereocenters. The van der Waals surface area contributed by atoms with E-state index in [0.717, 1.165) is 0 Å². The Morgan fingerprint density at radius 1 is 1.33 bits per heavy atom. The van der Waals surface area contributed by atoms with E-state index in [1.54, 1.807) is 0 Å². The van der Waals surface area contributed by atoms with E-state index in [2.05, 4.69) is 17.9 Å². The number of hydrogen-bond acceptors (Lipinski definition) is 1. The van der Waals surface area contributed by atoms with Gasteiger partial charge in [0.25, 0.3) is 0 Å². The maximum atomic E-state index is 2.08. The van der Waals surface area contributed by atoms with Crippen LogP contribution in [0.1, 0.15) is 20.8 Å². The smallest absolute Gasteiger partial charge is 0.0108 e. The van der Waals surface area contributed by atoms with Gasteiger partial charge in [0.05, 0.1) is 0 Å². The molecular formula is C8H15N. The zero-order chi connectivity index (χ0) is 7.28. The molecule has 0 amide bonds. The Morgan fingerprint density at radius 2 is 1.89 bits per heavy atom. The SMILES string of the molecule is CC=CN(C)C(C)=CC. The molecule has 0 aliphatic carbocycles. The maximum Gasteiger partial charge on any atom is 0.0108 e. The molecule has 0 aromatic rings. The van der Waals surface area contributed by atoms with E-state index in [1.165, 1.54) is 5.70 Å². The predicted octanol–water partition coefficient (Wildman–Crippen LogP) is 2.38. The van der Waals surface area contributed by atoms with Crippen LogP contribution in [0.2, 0.25) is 0 Å². The summed E-state index contributed by atoms with van der Waals surface area (Å²) in [5, 5.41) is 0. The van der Waals surface area contributed by atoms with Crippen molar-refractivity contribution in [1.29, 1.82) is 0 Å². The second-order valence-electron chi connectivity index (χ2n) is 2.02. The molecule has 52 valence electrons. The van der Waals surface area contributed by atoms with Gasteiger partial charge in [0.1, 0.15) is 0 Å². The highest BCUT2D eigenvalue weighted by molar-refractivity contribution is 4.98. The molecule has 1 nitrogen and oxygen atoms in total. The molecule has 0 fully saturated rings. The molecule has 0 rings (SSSR count). The largest absolute Gasteiger partial charge is 0.355 e. The van der Waals surface area contributed by atoms with Gasteiger partial charge in [-0.1, -0.05) is 12.2 Å². The van der Waals surface area contributed by atoms with Crippen molar-refractivity contribution in [3.63, 3.8) is 0 Å². The Morgan fingerprint density at radius 3 is 2.22 bits per heavy atom. The summed E-state index contributed by atoms with van der Waals surface area (Å²) >= 11 is 0. The van der Waals surface area contributed by atoms with Crippen LogP contribution < -0.4 is 0 Å². The first-order chi connectivity index (χ1) is 4.22. The molecule has 0 radical (unpaired) electrons. The number of nitrogens with zero attached hydrogens (tertiary/aromatic N) is 1. The van der Waals surface area contributed by atoms with Gasteiger partial charge >= 0.3 is 0 Å². The lowest BCUT2D eigenvalue weighted by Crippen LogP contribution is -2.06. The summed E-state index contributed by atoms with van der Waals surface area (Å²) in [6.45, 7) is 6.13. The molecule has 0 saturated carbocycles. The minimum Gasteiger partial charge on any atom is -0.355 e. The van der Waals surface area contributed by atoms with Crippen LogP contribution >= 0.6 is 0 Å². The summed E-state index contributed by atoms with van der Waals surface area (Å²) in [4.78, 5) is 2.08. The van der Waals surface area contributed by atoms with E-state index in [4.69, 9.17) is 0 Å². The molecule has 0 saturated heterocycles. The van der Waals surface area contributed by atoms with Gasteiger partial charge in [-0.25, -0.2) is 0 Å². The average molecular weight is 125 g/mol. The molecule has 0 aliphatic heterocycles. The van der Waals surface area contributed by atoms with E-state index in [-0.39, 0.29) is 0 Å². The van der Waals surface area contributed by atoms with E-state index >= 15 is 0 Å². The highest BCUT2D eigenvalue weighted by Crippen LogP contribution is 1.98. The minimum absolute atomic E-state index is 1.27. The fraction of sp³-hybridized carbons (Fsp3) is 0.500. The van der Waals surface area contributed by atoms with Crippen LogP contribution in [0.15, 0.2) is 24.0 Å². The van der Waals surface area contributed by atoms with Gasteiger partial charge in [-0.05, 0) is 27.0 Å². The van der Waals surface area contributed by atoms with Crippen molar-refractivity contribution in [2.75, 3.05) is 7.05 Å². The molecule has 1 heteroatoms. The van der Waals surface area contributed by atoms with Crippen molar-refractivity contribution < 1.29 is 0 Å². The fourth-order valence-corrected chi connectivity index (χ4v) is 0.545. The van der Waals surface area contributed by atoms with E-state index in [9.17, 15) is 0 Å². The fourth-order valence-electron chi connectivity index (χ4n) is 0.545. The first-order valence-electron chi connectivity index (χ1n) is 3.21. The first-order valence-corrected chi connectivity index (χ1v) is 3.21. The minimum atomic E-state index is 1.27. The molecule has 0 bridgehead atoms. The van der Waals surface area contributed by atoms with Crippen molar-refractivity contribution in [2.24, 2.45) is 0 Å². The molecule has 9 heavy (non-hydrogen) atoms. The Balaban J connectivity index is 3.88. The van der Waals surface area contributed by atoms with Gasteiger partial charge in [-0.3, -0.25) is 0 Å². The maximum absolute atomic E-state index is 2.08. The van der Waals surface area contributed by atoms with Crippen LogP contribution in [-0.4, -0.2) is 11.9 Å². The Labute approximate surface area is 57.7 Å². The normalized spacial score (nSPS) is 12.7. The summed E-state index contributed by atoms with van der Waals surface area (Å²) in [6.07, 6.45) is 6.14. The monoisotopic (exact) mass is 125 g/mol. The van der Waals surface area contributed by atoms with Crippen LogP contribution in [0.3, 0.4) is 0 Å². The van der Waals surface area contributed by atoms with Gasteiger partial charge in [-0.15, -0.1) is 0 Å². The quantitative estimate of drug-likeness (QED) is 0.547. The number of hydrogen-bond donors (Lipinski definition) is 0. The summed E-state index contributed by atoms with van der Waals surface area (Å²) < 4.78 is 0. The van der Waals surface area contributed by atoms with Gasteiger partial charge in [0.2, 0.25) is 0 Å². The van der Waals surface area contributed by atoms with E-state index < -0.39 is 0 Å². The van der Waals surface area contributed by atoms with Crippen molar-refractivity contribution in [2.45, 2.75) is 20.8 Å². The molecule has 0 N–H and O–H groups in total. The van der Waals surface area contributed by atoms with Gasteiger partial charge < -0.3 is 4.90 Å². The van der Waals surface area contributed by atoms with Crippen molar-refractivity contribution in [1.82, 2.24) is 4.90 Å². The third-order valence-corrected chi connectivity index (χ3v) is 1.35.